The van der Waals surface area contributed by atoms with Crippen LogP contribution in [0.5, 0.6) is 0 Å². The van der Waals surface area contributed by atoms with E-state index in [2.05, 4.69) is 25.3 Å². The number of amides is 1. The van der Waals surface area contributed by atoms with Crippen molar-refractivity contribution in [2.24, 2.45) is 0 Å². The molecule has 1 amide bonds. The predicted molar refractivity (Wildman–Crippen MR) is 103 cm³/mol. The van der Waals surface area contributed by atoms with Crippen molar-refractivity contribution in [3.63, 3.8) is 0 Å². The Labute approximate surface area is 164 Å². The molecule has 0 aromatic carbocycles. The Hall–Kier alpha value is -2.14. The molecule has 0 unspecified atom stereocenters. The molecule has 27 heavy (non-hydrogen) atoms. The van der Waals surface area contributed by atoms with Crippen molar-refractivity contribution in [1.29, 1.82) is 0 Å². The van der Waals surface area contributed by atoms with Crippen molar-refractivity contribution in [2.45, 2.75) is 19.4 Å². The summed E-state index contributed by atoms with van der Waals surface area (Å²) in [6.07, 6.45) is 0.667. The highest BCUT2D eigenvalue weighted by Crippen LogP contribution is 2.22. The summed E-state index contributed by atoms with van der Waals surface area (Å²) in [4.78, 5) is 24.2. The van der Waals surface area contributed by atoms with Gasteiger partial charge < -0.3 is 14.6 Å². The second-order valence-electron chi connectivity index (χ2n) is 6.07. The number of carbonyl (C=O) groups excluding carboxylic acids is 1. The standard InChI is InChI=1S/C17H19N5O3S2/c23-14(3-4-15-20-16(21-25-15)13-2-1-9-26-13)19-17-18-12(11-27-17)10-22-5-7-24-8-6-22/h1-2,9,11H,3-8,10H2,(H,18,19,23). The summed E-state index contributed by atoms with van der Waals surface area (Å²) in [6, 6.07) is 3.87. The number of thiophene rings is 1. The molecule has 0 spiro atoms. The molecule has 1 aliphatic rings. The van der Waals surface area contributed by atoms with Crippen LogP contribution in [-0.4, -0.2) is 52.2 Å². The van der Waals surface area contributed by atoms with Gasteiger partial charge in [0.2, 0.25) is 17.6 Å². The van der Waals surface area contributed by atoms with E-state index in [9.17, 15) is 4.79 Å². The molecule has 1 aliphatic heterocycles. The van der Waals surface area contributed by atoms with E-state index >= 15 is 0 Å². The number of hydrogen-bond donors (Lipinski definition) is 1. The van der Waals surface area contributed by atoms with Crippen molar-refractivity contribution >= 4 is 33.7 Å². The van der Waals surface area contributed by atoms with Gasteiger partial charge in [-0.3, -0.25) is 9.69 Å². The zero-order chi connectivity index (χ0) is 18.5. The molecular formula is C17H19N5O3S2. The fourth-order valence-corrected chi connectivity index (χ4v) is 4.06. The van der Waals surface area contributed by atoms with Crippen molar-refractivity contribution in [2.75, 3.05) is 31.6 Å². The summed E-state index contributed by atoms with van der Waals surface area (Å²) in [5, 5.41) is 11.3. The van der Waals surface area contributed by atoms with Crippen LogP contribution in [0.15, 0.2) is 27.4 Å². The van der Waals surface area contributed by atoms with Gasteiger partial charge in [-0.1, -0.05) is 11.2 Å². The van der Waals surface area contributed by atoms with Gasteiger partial charge in [-0.05, 0) is 11.4 Å². The van der Waals surface area contributed by atoms with E-state index in [-0.39, 0.29) is 12.3 Å². The number of nitrogens with zero attached hydrogens (tertiary/aromatic N) is 4. The molecule has 3 aromatic heterocycles. The number of aromatic nitrogens is 3. The van der Waals surface area contributed by atoms with Gasteiger partial charge in [0.1, 0.15) is 0 Å². The van der Waals surface area contributed by atoms with Crippen molar-refractivity contribution in [1.82, 2.24) is 20.0 Å². The lowest BCUT2D eigenvalue weighted by molar-refractivity contribution is -0.116. The third kappa shape index (κ3) is 4.98. The first-order valence-corrected chi connectivity index (χ1v) is 10.4. The van der Waals surface area contributed by atoms with Gasteiger partial charge in [0.25, 0.3) is 0 Å². The maximum absolute atomic E-state index is 12.2. The van der Waals surface area contributed by atoms with Crippen molar-refractivity contribution < 1.29 is 14.1 Å². The molecule has 10 heteroatoms. The first-order valence-electron chi connectivity index (χ1n) is 8.67. The Balaban J connectivity index is 1.25. The minimum atomic E-state index is -0.113. The van der Waals surface area contributed by atoms with Crippen LogP contribution in [0, 0.1) is 0 Å². The maximum atomic E-state index is 12.2. The van der Waals surface area contributed by atoms with Crippen molar-refractivity contribution in [3.05, 3.63) is 34.5 Å². The third-order valence-corrected chi connectivity index (χ3v) is 5.74. The van der Waals surface area contributed by atoms with Gasteiger partial charge in [0, 0.05) is 37.9 Å². The Kier molecular flexibility index (Phi) is 5.87. The second kappa shape index (κ2) is 8.70. The predicted octanol–water partition coefficient (Wildman–Crippen LogP) is 2.66. The van der Waals surface area contributed by atoms with Gasteiger partial charge in [-0.2, -0.15) is 4.98 Å². The first-order chi connectivity index (χ1) is 13.3. The van der Waals surface area contributed by atoms with E-state index in [1.54, 1.807) is 11.3 Å². The zero-order valence-electron chi connectivity index (χ0n) is 14.6. The lowest BCUT2D eigenvalue weighted by Crippen LogP contribution is -2.35. The summed E-state index contributed by atoms with van der Waals surface area (Å²) in [5.74, 6) is 0.909. The van der Waals surface area contributed by atoms with Crippen LogP contribution in [0.2, 0.25) is 0 Å². The molecule has 142 valence electrons. The number of anilines is 1. The fraction of sp³-hybridized carbons (Fsp3) is 0.412. The van der Waals surface area contributed by atoms with E-state index in [0.29, 0.717) is 23.3 Å². The van der Waals surface area contributed by atoms with Crippen LogP contribution < -0.4 is 5.32 Å². The first kappa shape index (κ1) is 18.2. The minimum absolute atomic E-state index is 0.113. The summed E-state index contributed by atoms with van der Waals surface area (Å²) >= 11 is 2.99. The summed E-state index contributed by atoms with van der Waals surface area (Å²) < 4.78 is 10.6. The average Bonchev–Trinajstić information content (AvgIpc) is 3.43. The fourth-order valence-electron chi connectivity index (χ4n) is 2.69. The second-order valence-corrected chi connectivity index (χ2v) is 7.88. The van der Waals surface area contributed by atoms with E-state index in [1.807, 2.05) is 22.9 Å². The van der Waals surface area contributed by atoms with Crippen LogP contribution in [0.1, 0.15) is 18.0 Å². The topological polar surface area (TPSA) is 93.4 Å². The molecule has 4 rings (SSSR count). The molecule has 3 aromatic rings. The lowest BCUT2D eigenvalue weighted by Gasteiger charge is -2.25. The Morgan fingerprint density at radius 1 is 1.26 bits per heavy atom. The highest BCUT2D eigenvalue weighted by molar-refractivity contribution is 7.14. The lowest BCUT2D eigenvalue weighted by atomic mass is 10.3. The quantitative estimate of drug-likeness (QED) is 0.646. The molecule has 4 heterocycles. The van der Waals surface area contributed by atoms with Gasteiger partial charge >= 0.3 is 0 Å². The smallest absolute Gasteiger partial charge is 0.227 e. The van der Waals surface area contributed by atoms with Crippen LogP contribution in [0.3, 0.4) is 0 Å². The number of carbonyl (C=O) groups is 1. The molecule has 1 N–H and O–H groups in total. The molecule has 0 bridgehead atoms. The van der Waals surface area contributed by atoms with E-state index < -0.39 is 0 Å². The number of ether oxygens (including phenoxy) is 1. The maximum Gasteiger partial charge on any atom is 0.227 e. The monoisotopic (exact) mass is 405 g/mol. The number of rotatable bonds is 7. The van der Waals surface area contributed by atoms with Gasteiger partial charge in [0.15, 0.2) is 5.13 Å². The van der Waals surface area contributed by atoms with E-state index in [4.69, 9.17) is 9.26 Å². The highest BCUT2D eigenvalue weighted by atomic mass is 32.1. The molecule has 0 aliphatic carbocycles. The largest absolute Gasteiger partial charge is 0.379 e. The van der Waals surface area contributed by atoms with Gasteiger partial charge in [-0.15, -0.1) is 22.7 Å². The van der Waals surface area contributed by atoms with Crippen LogP contribution in [0.4, 0.5) is 5.13 Å². The Morgan fingerprint density at radius 3 is 2.96 bits per heavy atom. The third-order valence-electron chi connectivity index (χ3n) is 4.06. The molecule has 0 radical (unpaired) electrons. The normalized spacial score (nSPS) is 15.1. The molecule has 0 atom stereocenters. The minimum Gasteiger partial charge on any atom is -0.379 e. The summed E-state index contributed by atoms with van der Waals surface area (Å²) in [6.45, 7) is 4.13. The van der Waals surface area contributed by atoms with Crippen LogP contribution >= 0.6 is 22.7 Å². The SMILES string of the molecule is O=C(CCc1nc(-c2cccs2)no1)Nc1nc(CN2CCOCC2)cs1. The molecule has 0 saturated carbocycles. The summed E-state index contributed by atoms with van der Waals surface area (Å²) in [7, 11) is 0. The Bertz CT molecular complexity index is 871. The Morgan fingerprint density at radius 2 is 2.15 bits per heavy atom. The summed E-state index contributed by atoms with van der Waals surface area (Å²) in [5.41, 5.74) is 0.967. The number of hydrogen-bond acceptors (Lipinski definition) is 9. The van der Waals surface area contributed by atoms with E-state index in [0.717, 1.165) is 43.4 Å². The van der Waals surface area contributed by atoms with Gasteiger partial charge in [0.05, 0.1) is 23.8 Å². The van der Waals surface area contributed by atoms with Crippen LogP contribution in [-0.2, 0) is 22.5 Å². The number of nitrogens with one attached hydrogen (secondary N) is 1. The van der Waals surface area contributed by atoms with Crippen LogP contribution in [0.25, 0.3) is 10.7 Å². The highest BCUT2D eigenvalue weighted by Gasteiger charge is 2.15. The van der Waals surface area contributed by atoms with Gasteiger partial charge in [-0.25, -0.2) is 4.98 Å². The number of aryl methyl sites for hydroxylation is 1. The van der Waals surface area contributed by atoms with Crippen molar-refractivity contribution in [3.8, 4) is 10.7 Å². The molecule has 1 saturated heterocycles. The zero-order valence-corrected chi connectivity index (χ0v) is 16.2. The molecule has 8 nitrogen and oxygen atoms in total. The molecular weight excluding hydrogens is 386 g/mol. The molecule has 1 fully saturated rings. The number of morpholine rings is 1. The number of thiazole rings is 1. The average molecular weight is 406 g/mol. The van der Waals surface area contributed by atoms with E-state index in [1.165, 1.54) is 11.3 Å².